The smallest absolute Gasteiger partial charge is 0.303 e. The summed E-state index contributed by atoms with van der Waals surface area (Å²) in [7, 11) is 2.15. The molecule has 2 saturated heterocycles. The van der Waals surface area contributed by atoms with Crippen LogP contribution in [0.1, 0.15) is 36.5 Å². The highest BCUT2D eigenvalue weighted by molar-refractivity contribution is 5.94. The molecule has 8 nitrogen and oxygen atoms in total. The molecule has 2 aliphatic heterocycles. The fraction of sp³-hybridized carbons (Fsp3) is 0.667. The molecule has 0 aliphatic carbocycles. The van der Waals surface area contributed by atoms with Crippen LogP contribution in [0.15, 0.2) is 18.3 Å². The molecule has 0 unspecified atom stereocenters. The quantitative estimate of drug-likeness (QED) is 0.706. The number of likely N-dealkylation sites (N-methyl/N-ethyl adjacent to an activating group) is 1. The van der Waals surface area contributed by atoms with Crippen LogP contribution in [0.5, 0.6) is 0 Å². The van der Waals surface area contributed by atoms with E-state index >= 15 is 0 Å². The number of carbonyl (C=O) groups is 2. The Morgan fingerprint density at radius 2 is 1.97 bits per heavy atom. The highest BCUT2D eigenvalue weighted by Gasteiger charge is 2.35. The Bertz CT molecular complexity index is 688. The predicted octanol–water partition coefficient (Wildman–Crippen LogP) is 1.14. The van der Waals surface area contributed by atoms with Gasteiger partial charge in [-0.1, -0.05) is 0 Å². The van der Waals surface area contributed by atoms with Gasteiger partial charge in [-0.2, -0.15) is 0 Å². The Labute approximate surface area is 172 Å². The van der Waals surface area contributed by atoms with Gasteiger partial charge in [0, 0.05) is 64.5 Å². The first kappa shape index (κ1) is 21.5. The van der Waals surface area contributed by atoms with Crippen LogP contribution in [0.4, 0.5) is 5.82 Å². The van der Waals surface area contributed by atoms with Crippen LogP contribution in [0, 0.1) is 5.92 Å². The number of aromatic nitrogens is 1. The van der Waals surface area contributed by atoms with Gasteiger partial charge in [0.25, 0.3) is 5.91 Å². The van der Waals surface area contributed by atoms with Crippen molar-refractivity contribution in [3.8, 4) is 0 Å². The topological polar surface area (TPSA) is 89.0 Å². The number of carbonyl (C=O) groups excluding carboxylic acids is 1. The standard InChI is InChI=1S/C21H33N5O3/c1-3-22-21(29)16-4-6-19(23-14-16)26-9-8-18(17(15-26)5-7-20(27)28)25-12-10-24(2)11-13-25/h4,6,14,17-18H,3,5,7-13,15H2,1-2H3,(H,22,29)(H,27,28)/t17-,18+/m0/s1. The number of rotatable bonds is 7. The Kier molecular flexibility index (Phi) is 7.44. The number of amides is 1. The fourth-order valence-corrected chi connectivity index (χ4v) is 4.42. The van der Waals surface area contributed by atoms with Crippen molar-refractivity contribution in [1.29, 1.82) is 0 Å². The zero-order chi connectivity index (χ0) is 20.8. The summed E-state index contributed by atoms with van der Waals surface area (Å²) in [5.41, 5.74) is 0.561. The second-order valence-electron chi connectivity index (χ2n) is 8.10. The molecular weight excluding hydrogens is 370 g/mol. The first-order valence-corrected chi connectivity index (χ1v) is 10.6. The van der Waals surface area contributed by atoms with Crippen molar-refractivity contribution in [2.45, 2.75) is 32.2 Å². The van der Waals surface area contributed by atoms with Gasteiger partial charge in [-0.25, -0.2) is 4.98 Å². The monoisotopic (exact) mass is 403 g/mol. The van der Waals surface area contributed by atoms with Crippen molar-refractivity contribution in [2.75, 3.05) is 57.8 Å². The minimum absolute atomic E-state index is 0.111. The van der Waals surface area contributed by atoms with Gasteiger partial charge in [0.2, 0.25) is 0 Å². The normalized spacial score (nSPS) is 23.7. The second kappa shape index (κ2) is 10.0. The minimum Gasteiger partial charge on any atom is -0.481 e. The van der Waals surface area contributed by atoms with Crippen molar-refractivity contribution < 1.29 is 14.7 Å². The zero-order valence-electron chi connectivity index (χ0n) is 17.5. The van der Waals surface area contributed by atoms with Crippen molar-refractivity contribution >= 4 is 17.7 Å². The van der Waals surface area contributed by atoms with E-state index in [4.69, 9.17) is 0 Å². The lowest BCUT2D eigenvalue weighted by Crippen LogP contribution is -2.56. The van der Waals surface area contributed by atoms with E-state index in [0.717, 1.165) is 51.5 Å². The van der Waals surface area contributed by atoms with Crippen molar-refractivity contribution in [1.82, 2.24) is 20.1 Å². The molecule has 8 heteroatoms. The Morgan fingerprint density at radius 1 is 1.21 bits per heavy atom. The summed E-state index contributed by atoms with van der Waals surface area (Å²) in [5.74, 6) is 0.312. The van der Waals surface area contributed by atoms with E-state index in [1.165, 1.54) is 0 Å². The molecule has 160 valence electrons. The molecule has 3 heterocycles. The average Bonchev–Trinajstić information content (AvgIpc) is 2.73. The van der Waals surface area contributed by atoms with Gasteiger partial charge in [-0.05, 0) is 44.9 Å². The van der Waals surface area contributed by atoms with Gasteiger partial charge in [0.1, 0.15) is 5.82 Å². The van der Waals surface area contributed by atoms with Gasteiger partial charge in [-0.15, -0.1) is 0 Å². The molecule has 2 fully saturated rings. The van der Waals surface area contributed by atoms with E-state index in [2.05, 4.69) is 32.0 Å². The summed E-state index contributed by atoms with van der Waals surface area (Å²) >= 11 is 0. The van der Waals surface area contributed by atoms with E-state index in [-0.39, 0.29) is 12.3 Å². The molecule has 1 amide bonds. The highest BCUT2D eigenvalue weighted by Crippen LogP contribution is 2.29. The summed E-state index contributed by atoms with van der Waals surface area (Å²) in [6.45, 7) is 8.40. The second-order valence-corrected chi connectivity index (χ2v) is 8.10. The number of nitrogens with zero attached hydrogens (tertiary/aromatic N) is 4. The molecule has 1 aromatic heterocycles. The number of carboxylic acid groups (broad SMARTS) is 1. The lowest BCUT2D eigenvalue weighted by Gasteiger charge is -2.46. The maximum atomic E-state index is 11.9. The first-order valence-electron chi connectivity index (χ1n) is 10.6. The molecule has 0 saturated carbocycles. The maximum Gasteiger partial charge on any atom is 0.303 e. The van der Waals surface area contributed by atoms with Gasteiger partial charge in [0.15, 0.2) is 0 Å². The summed E-state index contributed by atoms with van der Waals surface area (Å²) in [6, 6.07) is 4.13. The third-order valence-electron chi connectivity index (χ3n) is 6.10. The predicted molar refractivity (Wildman–Crippen MR) is 112 cm³/mol. The summed E-state index contributed by atoms with van der Waals surface area (Å²) in [5, 5.41) is 12.0. The van der Waals surface area contributed by atoms with E-state index < -0.39 is 5.97 Å². The number of aliphatic carboxylic acids is 1. The summed E-state index contributed by atoms with van der Waals surface area (Å²) < 4.78 is 0. The largest absolute Gasteiger partial charge is 0.481 e. The van der Waals surface area contributed by atoms with Gasteiger partial charge < -0.3 is 20.2 Å². The van der Waals surface area contributed by atoms with Crippen LogP contribution in [0.25, 0.3) is 0 Å². The number of piperazine rings is 1. The van der Waals surface area contributed by atoms with Crippen LogP contribution < -0.4 is 10.2 Å². The molecule has 29 heavy (non-hydrogen) atoms. The van der Waals surface area contributed by atoms with Gasteiger partial charge >= 0.3 is 5.97 Å². The van der Waals surface area contributed by atoms with Crippen LogP contribution >= 0.6 is 0 Å². The Hall–Kier alpha value is -2.19. The summed E-state index contributed by atoms with van der Waals surface area (Å²) in [6.07, 6.45) is 3.51. The molecule has 2 N–H and O–H groups in total. The molecule has 2 atom stereocenters. The van der Waals surface area contributed by atoms with E-state index in [0.29, 0.717) is 30.5 Å². The average molecular weight is 404 g/mol. The maximum absolute atomic E-state index is 11.9. The lowest BCUT2D eigenvalue weighted by atomic mass is 9.86. The summed E-state index contributed by atoms with van der Waals surface area (Å²) in [4.78, 5) is 34.8. The molecule has 1 aromatic rings. The Morgan fingerprint density at radius 3 is 2.59 bits per heavy atom. The lowest BCUT2D eigenvalue weighted by molar-refractivity contribution is -0.137. The molecular formula is C21H33N5O3. The molecule has 0 aromatic carbocycles. The van der Waals surface area contributed by atoms with E-state index in [9.17, 15) is 14.7 Å². The number of hydrogen-bond acceptors (Lipinski definition) is 6. The van der Waals surface area contributed by atoms with Crippen LogP contribution in [-0.4, -0.2) is 90.7 Å². The number of hydrogen-bond donors (Lipinski definition) is 2. The van der Waals surface area contributed by atoms with Crippen molar-refractivity contribution in [3.63, 3.8) is 0 Å². The fourth-order valence-electron chi connectivity index (χ4n) is 4.42. The third-order valence-corrected chi connectivity index (χ3v) is 6.10. The van der Waals surface area contributed by atoms with E-state index in [1.807, 2.05) is 19.1 Å². The number of nitrogens with one attached hydrogen (secondary N) is 1. The van der Waals surface area contributed by atoms with E-state index in [1.54, 1.807) is 6.20 Å². The molecule has 0 spiro atoms. The molecule has 2 aliphatic rings. The molecule has 0 bridgehead atoms. The van der Waals surface area contributed by atoms with Gasteiger partial charge in [-0.3, -0.25) is 14.5 Å². The number of pyridine rings is 1. The number of carboxylic acids is 1. The van der Waals surface area contributed by atoms with Crippen molar-refractivity contribution in [3.05, 3.63) is 23.9 Å². The molecule has 3 rings (SSSR count). The number of piperidine rings is 1. The first-order chi connectivity index (χ1) is 14.0. The third kappa shape index (κ3) is 5.67. The molecule has 0 radical (unpaired) electrons. The van der Waals surface area contributed by atoms with Crippen LogP contribution in [-0.2, 0) is 4.79 Å². The van der Waals surface area contributed by atoms with Crippen LogP contribution in [0.2, 0.25) is 0 Å². The zero-order valence-corrected chi connectivity index (χ0v) is 17.5. The minimum atomic E-state index is -0.733. The van der Waals surface area contributed by atoms with Crippen molar-refractivity contribution in [2.24, 2.45) is 5.92 Å². The SMILES string of the molecule is CCNC(=O)c1ccc(N2CC[C@@H](N3CCN(C)CC3)[C@@H](CCC(=O)O)C2)nc1. The van der Waals surface area contributed by atoms with Crippen LogP contribution in [0.3, 0.4) is 0 Å². The highest BCUT2D eigenvalue weighted by atomic mass is 16.4. The van der Waals surface area contributed by atoms with Gasteiger partial charge in [0.05, 0.1) is 5.56 Å². The number of anilines is 1. The Balaban J connectivity index is 1.67.